The Morgan fingerprint density at radius 1 is 1.36 bits per heavy atom. The third-order valence-corrected chi connectivity index (χ3v) is 3.83. The van der Waals surface area contributed by atoms with E-state index in [1.165, 1.54) is 18.7 Å². The van der Waals surface area contributed by atoms with Crippen LogP contribution in [0.5, 0.6) is 5.75 Å². The van der Waals surface area contributed by atoms with Gasteiger partial charge in [0.05, 0.1) is 20.1 Å². The van der Waals surface area contributed by atoms with Gasteiger partial charge in [-0.1, -0.05) is 12.1 Å². The van der Waals surface area contributed by atoms with Crippen LogP contribution in [0.15, 0.2) is 30.4 Å². The standard InChI is InChI=1S/C17H21NO4/c1-21-13-9-8-12-5-3-6-14(15(12)11-13)17(20)18-10-4-7-16(19)22-2/h4,7-9,11,14H,3,5-6,10H2,1-2H3,(H,18,20)/b7-4+. The quantitative estimate of drug-likeness (QED) is 0.667. The summed E-state index contributed by atoms with van der Waals surface area (Å²) in [6.07, 6.45) is 5.70. The molecule has 1 aliphatic carbocycles. The van der Waals surface area contributed by atoms with Gasteiger partial charge in [-0.25, -0.2) is 4.79 Å². The molecule has 1 aromatic carbocycles. The molecule has 5 heteroatoms. The monoisotopic (exact) mass is 303 g/mol. The molecule has 1 amide bonds. The molecule has 0 saturated heterocycles. The van der Waals surface area contributed by atoms with Crippen molar-refractivity contribution >= 4 is 11.9 Å². The van der Waals surface area contributed by atoms with Gasteiger partial charge in [0.2, 0.25) is 5.91 Å². The molecule has 22 heavy (non-hydrogen) atoms. The zero-order valence-electron chi connectivity index (χ0n) is 12.9. The van der Waals surface area contributed by atoms with Gasteiger partial charge in [-0.15, -0.1) is 0 Å². The van der Waals surface area contributed by atoms with Crippen LogP contribution in [0.4, 0.5) is 0 Å². The van der Waals surface area contributed by atoms with Crippen molar-refractivity contribution in [2.75, 3.05) is 20.8 Å². The maximum Gasteiger partial charge on any atom is 0.330 e. The fraction of sp³-hybridized carbons (Fsp3) is 0.412. The van der Waals surface area contributed by atoms with Gasteiger partial charge < -0.3 is 14.8 Å². The summed E-state index contributed by atoms with van der Waals surface area (Å²) in [6, 6.07) is 5.91. The predicted octanol–water partition coefficient (Wildman–Crippen LogP) is 1.96. The molecule has 5 nitrogen and oxygen atoms in total. The zero-order chi connectivity index (χ0) is 15.9. The highest BCUT2D eigenvalue weighted by Crippen LogP contribution is 2.34. The van der Waals surface area contributed by atoms with Gasteiger partial charge in [-0.2, -0.15) is 0 Å². The van der Waals surface area contributed by atoms with Crippen LogP contribution in [0, 0.1) is 0 Å². The topological polar surface area (TPSA) is 64.6 Å². The molecule has 0 aromatic heterocycles. The predicted molar refractivity (Wildman–Crippen MR) is 82.8 cm³/mol. The minimum absolute atomic E-state index is 0.0243. The highest BCUT2D eigenvalue weighted by atomic mass is 16.5. The minimum Gasteiger partial charge on any atom is -0.497 e. The smallest absolute Gasteiger partial charge is 0.330 e. The van der Waals surface area contributed by atoms with Crippen LogP contribution in [0.3, 0.4) is 0 Å². The lowest BCUT2D eigenvalue weighted by atomic mass is 9.82. The average molecular weight is 303 g/mol. The van der Waals surface area contributed by atoms with Gasteiger partial charge in [0.25, 0.3) is 0 Å². The largest absolute Gasteiger partial charge is 0.497 e. The van der Waals surface area contributed by atoms with Gasteiger partial charge in [0, 0.05) is 12.6 Å². The number of amides is 1. The van der Waals surface area contributed by atoms with Crippen molar-refractivity contribution in [1.29, 1.82) is 0 Å². The van der Waals surface area contributed by atoms with Crippen molar-refractivity contribution in [1.82, 2.24) is 5.32 Å². The van der Waals surface area contributed by atoms with Crippen LogP contribution in [0.25, 0.3) is 0 Å². The van der Waals surface area contributed by atoms with Crippen LogP contribution in [0.1, 0.15) is 29.9 Å². The highest BCUT2D eigenvalue weighted by Gasteiger charge is 2.26. The van der Waals surface area contributed by atoms with Crippen molar-refractivity contribution in [2.45, 2.75) is 25.2 Å². The molecule has 0 aliphatic heterocycles. The number of carbonyl (C=O) groups is 2. The molecule has 0 spiro atoms. The van der Waals surface area contributed by atoms with E-state index in [0.29, 0.717) is 6.54 Å². The van der Waals surface area contributed by atoms with Crippen LogP contribution < -0.4 is 10.1 Å². The number of aryl methyl sites for hydroxylation is 1. The second-order valence-electron chi connectivity index (χ2n) is 5.18. The first-order valence-corrected chi connectivity index (χ1v) is 7.34. The third-order valence-electron chi connectivity index (χ3n) is 3.83. The van der Waals surface area contributed by atoms with Crippen molar-refractivity contribution in [2.24, 2.45) is 0 Å². The van der Waals surface area contributed by atoms with Crippen LogP contribution in [-0.2, 0) is 20.7 Å². The van der Waals surface area contributed by atoms with E-state index >= 15 is 0 Å². The van der Waals surface area contributed by atoms with Crippen molar-refractivity contribution in [3.8, 4) is 5.75 Å². The summed E-state index contributed by atoms with van der Waals surface area (Å²) in [4.78, 5) is 23.3. The Morgan fingerprint density at radius 3 is 2.91 bits per heavy atom. The lowest BCUT2D eigenvalue weighted by molar-refractivity contribution is -0.134. The van der Waals surface area contributed by atoms with E-state index in [2.05, 4.69) is 10.1 Å². The number of ether oxygens (including phenoxy) is 2. The first-order chi connectivity index (χ1) is 10.7. The molecule has 0 fully saturated rings. The number of rotatable bonds is 5. The molecule has 1 aromatic rings. The fourth-order valence-corrected chi connectivity index (χ4v) is 2.68. The van der Waals surface area contributed by atoms with E-state index in [-0.39, 0.29) is 11.8 Å². The molecular weight excluding hydrogens is 282 g/mol. The number of esters is 1. The molecule has 0 heterocycles. The lowest BCUT2D eigenvalue weighted by Gasteiger charge is -2.25. The Morgan fingerprint density at radius 2 is 2.18 bits per heavy atom. The molecule has 1 N–H and O–H groups in total. The van der Waals surface area contributed by atoms with Crippen LogP contribution in [0.2, 0.25) is 0 Å². The number of benzene rings is 1. The Labute approximate surface area is 130 Å². The van der Waals surface area contributed by atoms with E-state index in [1.807, 2.05) is 18.2 Å². The van der Waals surface area contributed by atoms with E-state index < -0.39 is 5.97 Å². The van der Waals surface area contributed by atoms with Gasteiger partial charge in [0.1, 0.15) is 5.75 Å². The summed E-state index contributed by atoms with van der Waals surface area (Å²) in [5.74, 6) is 0.153. The van der Waals surface area contributed by atoms with Gasteiger partial charge >= 0.3 is 5.97 Å². The van der Waals surface area contributed by atoms with E-state index in [1.54, 1.807) is 13.2 Å². The maximum atomic E-state index is 12.4. The highest BCUT2D eigenvalue weighted by molar-refractivity contribution is 5.85. The van der Waals surface area contributed by atoms with Crippen molar-refractivity contribution in [3.63, 3.8) is 0 Å². The number of hydrogen-bond donors (Lipinski definition) is 1. The van der Waals surface area contributed by atoms with Gasteiger partial charge in [-0.3, -0.25) is 4.79 Å². The summed E-state index contributed by atoms with van der Waals surface area (Å²) in [5.41, 5.74) is 2.25. The lowest BCUT2D eigenvalue weighted by Crippen LogP contribution is -2.31. The molecule has 1 atom stereocenters. The second-order valence-corrected chi connectivity index (χ2v) is 5.18. The second kappa shape index (κ2) is 7.64. The number of nitrogens with one attached hydrogen (secondary N) is 1. The minimum atomic E-state index is -0.429. The Kier molecular flexibility index (Phi) is 5.58. The Balaban J connectivity index is 2.02. The SMILES string of the molecule is COC(=O)/C=C/CNC(=O)C1CCCc2ccc(OC)cc21. The van der Waals surface area contributed by atoms with E-state index in [0.717, 1.165) is 30.6 Å². The molecule has 0 radical (unpaired) electrons. The zero-order valence-corrected chi connectivity index (χ0v) is 12.9. The molecule has 1 aliphatic rings. The van der Waals surface area contributed by atoms with Crippen molar-refractivity contribution in [3.05, 3.63) is 41.5 Å². The van der Waals surface area contributed by atoms with E-state index in [4.69, 9.17) is 4.74 Å². The summed E-state index contributed by atoms with van der Waals surface area (Å²) in [5, 5.41) is 2.84. The van der Waals surface area contributed by atoms with Crippen LogP contribution >= 0.6 is 0 Å². The molecule has 2 rings (SSSR count). The third kappa shape index (κ3) is 3.87. The summed E-state index contributed by atoms with van der Waals surface area (Å²) in [7, 11) is 2.94. The summed E-state index contributed by atoms with van der Waals surface area (Å²) < 4.78 is 9.74. The normalized spacial score (nSPS) is 16.9. The van der Waals surface area contributed by atoms with E-state index in [9.17, 15) is 9.59 Å². The van der Waals surface area contributed by atoms with Crippen molar-refractivity contribution < 1.29 is 19.1 Å². The Bertz CT molecular complexity index is 580. The first-order valence-electron chi connectivity index (χ1n) is 7.34. The van der Waals surface area contributed by atoms with Gasteiger partial charge in [-0.05, 0) is 42.5 Å². The van der Waals surface area contributed by atoms with Crippen LogP contribution in [-0.4, -0.2) is 32.6 Å². The number of hydrogen-bond acceptors (Lipinski definition) is 4. The molecular formula is C17H21NO4. The number of methoxy groups -OCH3 is 2. The summed E-state index contributed by atoms with van der Waals surface area (Å²) in [6.45, 7) is 0.309. The first kappa shape index (κ1) is 16.1. The Hall–Kier alpha value is -2.30. The molecule has 118 valence electrons. The van der Waals surface area contributed by atoms with Gasteiger partial charge in [0.15, 0.2) is 0 Å². The molecule has 0 saturated carbocycles. The maximum absolute atomic E-state index is 12.4. The fourth-order valence-electron chi connectivity index (χ4n) is 2.68. The average Bonchev–Trinajstić information content (AvgIpc) is 2.57. The summed E-state index contributed by atoms with van der Waals surface area (Å²) >= 11 is 0. The number of carbonyl (C=O) groups excluding carboxylic acids is 2. The number of fused-ring (bicyclic) bond motifs is 1. The molecule has 1 unspecified atom stereocenters. The molecule has 0 bridgehead atoms.